The molecule has 1 aromatic carbocycles. The minimum Gasteiger partial charge on any atom is -0.465 e. The first kappa shape index (κ1) is 17.2. The lowest BCUT2D eigenvalue weighted by molar-refractivity contribution is -0.125. The van der Waals surface area contributed by atoms with Crippen LogP contribution in [0.4, 0.5) is 5.69 Å². The third-order valence-electron chi connectivity index (χ3n) is 4.12. The van der Waals surface area contributed by atoms with Gasteiger partial charge in [-0.15, -0.1) is 0 Å². The maximum atomic E-state index is 12.4. The van der Waals surface area contributed by atoms with Gasteiger partial charge in [-0.05, 0) is 43.5 Å². The first-order valence-corrected chi connectivity index (χ1v) is 7.14. The molecule has 1 rings (SSSR count). The van der Waals surface area contributed by atoms with Crippen LogP contribution in [0.25, 0.3) is 0 Å². The van der Waals surface area contributed by atoms with E-state index in [9.17, 15) is 9.59 Å². The topological polar surface area (TPSA) is 81.4 Å². The molecule has 0 bridgehead atoms. The monoisotopic (exact) mass is 292 g/mol. The molecule has 1 aromatic rings. The molecule has 1 amide bonds. The highest BCUT2D eigenvalue weighted by molar-refractivity contribution is 5.97. The number of carbonyl (C=O) groups excluding carboxylic acids is 2. The van der Waals surface area contributed by atoms with Gasteiger partial charge in [-0.25, -0.2) is 4.79 Å². The summed E-state index contributed by atoms with van der Waals surface area (Å²) < 4.78 is 4.70. The molecule has 5 nitrogen and oxygen atoms in total. The van der Waals surface area contributed by atoms with Crippen molar-refractivity contribution in [3.05, 3.63) is 29.3 Å². The van der Waals surface area contributed by atoms with E-state index < -0.39 is 5.41 Å². The summed E-state index contributed by atoms with van der Waals surface area (Å²) >= 11 is 0. The summed E-state index contributed by atoms with van der Waals surface area (Å²) in [4.78, 5) is 24.0. The summed E-state index contributed by atoms with van der Waals surface area (Å²) in [5.41, 5.74) is 7.13. The summed E-state index contributed by atoms with van der Waals surface area (Å²) in [6, 6.07) is 5.11. The second-order valence-electron chi connectivity index (χ2n) is 5.17. The first-order chi connectivity index (χ1) is 9.93. The molecule has 0 saturated carbocycles. The second kappa shape index (κ2) is 7.22. The minimum atomic E-state index is -0.547. The Morgan fingerprint density at radius 3 is 2.33 bits per heavy atom. The SMILES string of the molecule is CCC(CC)(CN)C(=O)Nc1ccc(C(=O)OC)c(C)c1. The number of esters is 1. The smallest absolute Gasteiger partial charge is 0.338 e. The molecule has 0 heterocycles. The normalized spacial score (nSPS) is 11.1. The molecule has 0 saturated heterocycles. The lowest BCUT2D eigenvalue weighted by atomic mass is 9.81. The minimum absolute atomic E-state index is 0.0831. The third-order valence-corrected chi connectivity index (χ3v) is 4.12. The van der Waals surface area contributed by atoms with E-state index in [-0.39, 0.29) is 11.9 Å². The first-order valence-electron chi connectivity index (χ1n) is 7.14. The maximum Gasteiger partial charge on any atom is 0.338 e. The molecule has 0 spiro atoms. The third kappa shape index (κ3) is 3.61. The molecular weight excluding hydrogens is 268 g/mol. The van der Waals surface area contributed by atoms with E-state index in [0.717, 1.165) is 5.56 Å². The number of rotatable bonds is 6. The van der Waals surface area contributed by atoms with Crippen LogP contribution >= 0.6 is 0 Å². The fourth-order valence-electron chi connectivity index (χ4n) is 2.30. The predicted molar refractivity (Wildman–Crippen MR) is 83.2 cm³/mol. The van der Waals surface area contributed by atoms with Crippen LogP contribution in [-0.4, -0.2) is 25.5 Å². The van der Waals surface area contributed by atoms with E-state index in [1.807, 2.05) is 13.8 Å². The number of anilines is 1. The van der Waals surface area contributed by atoms with Crippen LogP contribution in [0.2, 0.25) is 0 Å². The zero-order chi connectivity index (χ0) is 16.0. The molecule has 21 heavy (non-hydrogen) atoms. The quantitative estimate of drug-likeness (QED) is 0.789. The Morgan fingerprint density at radius 2 is 1.90 bits per heavy atom. The van der Waals surface area contributed by atoms with E-state index >= 15 is 0 Å². The number of hydrogen-bond acceptors (Lipinski definition) is 4. The second-order valence-corrected chi connectivity index (χ2v) is 5.17. The molecule has 0 aliphatic heterocycles. The van der Waals surface area contributed by atoms with Gasteiger partial charge < -0.3 is 15.8 Å². The molecule has 0 unspecified atom stereocenters. The number of ether oxygens (including phenoxy) is 1. The van der Waals surface area contributed by atoms with Crippen molar-refractivity contribution < 1.29 is 14.3 Å². The Kier molecular flexibility index (Phi) is 5.90. The molecule has 0 aliphatic rings. The summed E-state index contributed by atoms with van der Waals surface area (Å²) in [6.45, 7) is 6.03. The summed E-state index contributed by atoms with van der Waals surface area (Å²) in [5.74, 6) is -0.469. The Hall–Kier alpha value is -1.88. The maximum absolute atomic E-state index is 12.4. The van der Waals surface area contributed by atoms with Gasteiger partial charge >= 0.3 is 5.97 Å². The summed E-state index contributed by atoms with van der Waals surface area (Å²) in [7, 11) is 1.34. The lowest BCUT2D eigenvalue weighted by Gasteiger charge is -2.28. The molecule has 0 aliphatic carbocycles. The molecule has 0 radical (unpaired) electrons. The number of nitrogens with one attached hydrogen (secondary N) is 1. The fourth-order valence-corrected chi connectivity index (χ4v) is 2.30. The Labute approximate surface area is 125 Å². The Morgan fingerprint density at radius 1 is 1.29 bits per heavy atom. The van der Waals surface area contributed by atoms with Crippen molar-refractivity contribution in [3.8, 4) is 0 Å². The van der Waals surface area contributed by atoms with E-state index in [2.05, 4.69) is 5.32 Å². The van der Waals surface area contributed by atoms with Crippen molar-refractivity contribution in [2.24, 2.45) is 11.1 Å². The Bertz CT molecular complexity index is 514. The van der Waals surface area contributed by atoms with E-state index in [1.54, 1.807) is 25.1 Å². The van der Waals surface area contributed by atoms with Crippen molar-refractivity contribution >= 4 is 17.6 Å². The molecule has 0 fully saturated rings. The standard InChI is InChI=1S/C16H24N2O3/c1-5-16(6-2,10-17)15(20)18-12-7-8-13(11(3)9-12)14(19)21-4/h7-9H,5-6,10,17H2,1-4H3,(H,18,20). The number of carbonyl (C=O) groups is 2. The van der Waals surface area contributed by atoms with Gasteiger partial charge in [0.15, 0.2) is 0 Å². The average Bonchev–Trinajstić information content (AvgIpc) is 2.49. The molecule has 5 heteroatoms. The van der Waals surface area contributed by atoms with Crippen LogP contribution in [0, 0.1) is 12.3 Å². The molecule has 116 valence electrons. The van der Waals surface area contributed by atoms with Gasteiger partial charge in [0.2, 0.25) is 5.91 Å². The van der Waals surface area contributed by atoms with E-state index in [0.29, 0.717) is 30.6 Å². The highest BCUT2D eigenvalue weighted by Crippen LogP contribution is 2.27. The number of nitrogens with two attached hydrogens (primary N) is 1. The summed E-state index contributed by atoms with van der Waals surface area (Å²) in [5, 5.41) is 2.89. The van der Waals surface area contributed by atoms with Crippen LogP contribution in [-0.2, 0) is 9.53 Å². The van der Waals surface area contributed by atoms with Gasteiger partial charge in [-0.3, -0.25) is 4.79 Å². The molecule has 0 atom stereocenters. The highest BCUT2D eigenvalue weighted by atomic mass is 16.5. The van der Waals surface area contributed by atoms with E-state index in [4.69, 9.17) is 10.5 Å². The van der Waals surface area contributed by atoms with Crippen LogP contribution in [0.1, 0.15) is 42.6 Å². The largest absolute Gasteiger partial charge is 0.465 e. The van der Waals surface area contributed by atoms with Gasteiger partial charge in [0.05, 0.1) is 18.1 Å². The number of aryl methyl sites for hydroxylation is 1. The lowest BCUT2D eigenvalue weighted by Crippen LogP contribution is -2.41. The van der Waals surface area contributed by atoms with E-state index in [1.165, 1.54) is 7.11 Å². The van der Waals surface area contributed by atoms with Crippen LogP contribution in [0.15, 0.2) is 18.2 Å². The molecule has 3 N–H and O–H groups in total. The number of benzene rings is 1. The predicted octanol–water partition coefficient (Wildman–Crippen LogP) is 2.49. The van der Waals surface area contributed by atoms with Crippen LogP contribution < -0.4 is 11.1 Å². The van der Waals surface area contributed by atoms with Gasteiger partial charge in [-0.1, -0.05) is 13.8 Å². The highest BCUT2D eigenvalue weighted by Gasteiger charge is 2.33. The number of hydrogen-bond donors (Lipinski definition) is 2. The van der Waals surface area contributed by atoms with Crippen molar-refractivity contribution in [2.75, 3.05) is 19.0 Å². The van der Waals surface area contributed by atoms with Gasteiger partial charge in [-0.2, -0.15) is 0 Å². The van der Waals surface area contributed by atoms with Gasteiger partial charge in [0.1, 0.15) is 0 Å². The van der Waals surface area contributed by atoms with Crippen molar-refractivity contribution in [3.63, 3.8) is 0 Å². The van der Waals surface area contributed by atoms with Crippen molar-refractivity contribution in [1.82, 2.24) is 0 Å². The average molecular weight is 292 g/mol. The molecular formula is C16H24N2O3. The molecule has 0 aromatic heterocycles. The fraction of sp³-hybridized carbons (Fsp3) is 0.500. The number of methoxy groups -OCH3 is 1. The van der Waals surface area contributed by atoms with Crippen molar-refractivity contribution in [1.29, 1.82) is 0 Å². The number of amides is 1. The van der Waals surface area contributed by atoms with Crippen LogP contribution in [0.3, 0.4) is 0 Å². The van der Waals surface area contributed by atoms with Crippen LogP contribution in [0.5, 0.6) is 0 Å². The zero-order valence-corrected chi connectivity index (χ0v) is 13.2. The Balaban J connectivity index is 2.96. The zero-order valence-electron chi connectivity index (χ0n) is 13.2. The van der Waals surface area contributed by atoms with Crippen molar-refractivity contribution in [2.45, 2.75) is 33.6 Å². The van der Waals surface area contributed by atoms with Gasteiger partial charge in [0, 0.05) is 12.2 Å². The van der Waals surface area contributed by atoms with Gasteiger partial charge in [0.25, 0.3) is 0 Å². The summed E-state index contributed by atoms with van der Waals surface area (Å²) in [6.07, 6.45) is 1.37.